The first kappa shape index (κ1) is 16.5. The highest BCUT2D eigenvalue weighted by atomic mass is 32.1. The summed E-state index contributed by atoms with van der Waals surface area (Å²) in [5.74, 6) is 1.09. The van der Waals surface area contributed by atoms with Gasteiger partial charge in [0, 0.05) is 17.5 Å². The van der Waals surface area contributed by atoms with Crippen molar-refractivity contribution in [1.82, 2.24) is 15.4 Å². The Balaban J connectivity index is 2.04. The monoisotopic (exact) mass is 321 g/mol. The Bertz CT molecular complexity index is 600. The molecule has 0 bridgehead atoms. The van der Waals surface area contributed by atoms with Gasteiger partial charge >= 0.3 is 6.03 Å². The maximum Gasteiger partial charge on any atom is 0.317 e. The number of nitrogens with one attached hydrogen (secondary N) is 1. The van der Waals surface area contributed by atoms with Crippen LogP contribution in [0.15, 0.2) is 22.0 Å². The van der Waals surface area contributed by atoms with Crippen LogP contribution in [-0.4, -0.2) is 23.1 Å². The second kappa shape index (κ2) is 6.96. The normalized spacial score (nSPS) is 12.5. The predicted octanol–water partition coefficient (Wildman–Crippen LogP) is 3.89. The van der Waals surface area contributed by atoms with E-state index in [-0.39, 0.29) is 12.1 Å². The standard InChI is InChI=1S/C16H23N3O2S/c1-10(2)15(14-7-6-8-22-14)17-16(20)19(5)9-13-11(3)18-21-12(13)4/h6-8,10,15H,9H2,1-5H3,(H,17,20)/t15-/m1/s1. The van der Waals surface area contributed by atoms with Crippen molar-refractivity contribution in [3.63, 3.8) is 0 Å². The largest absolute Gasteiger partial charge is 0.361 e. The Labute approximate surface area is 135 Å². The molecule has 2 aromatic rings. The summed E-state index contributed by atoms with van der Waals surface area (Å²) in [6.45, 7) is 8.46. The minimum absolute atomic E-state index is 0.0274. The van der Waals surface area contributed by atoms with Gasteiger partial charge in [0.1, 0.15) is 5.76 Å². The fraction of sp³-hybridized carbons (Fsp3) is 0.500. The van der Waals surface area contributed by atoms with Crippen molar-refractivity contribution < 1.29 is 9.32 Å². The Morgan fingerprint density at radius 3 is 2.68 bits per heavy atom. The molecule has 2 aromatic heterocycles. The highest BCUT2D eigenvalue weighted by Gasteiger charge is 2.22. The van der Waals surface area contributed by atoms with Crippen LogP contribution >= 0.6 is 11.3 Å². The maximum atomic E-state index is 12.5. The predicted molar refractivity (Wildman–Crippen MR) is 87.9 cm³/mol. The molecule has 0 aliphatic carbocycles. The fourth-order valence-corrected chi connectivity index (χ4v) is 3.26. The smallest absolute Gasteiger partial charge is 0.317 e. The number of rotatable bonds is 5. The van der Waals surface area contributed by atoms with Crippen molar-refractivity contribution in [3.05, 3.63) is 39.4 Å². The molecule has 2 heterocycles. The number of hydrogen-bond donors (Lipinski definition) is 1. The molecule has 0 aromatic carbocycles. The summed E-state index contributed by atoms with van der Waals surface area (Å²) in [6, 6.07) is 4.01. The third-order valence-electron chi connectivity index (χ3n) is 3.72. The molecule has 6 heteroatoms. The first-order valence-electron chi connectivity index (χ1n) is 7.37. The van der Waals surface area contributed by atoms with E-state index in [2.05, 4.69) is 30.4 Å². The zero-order valence-electron chi connectivity index (χ0n) is 13.7. The average Bonchev–Trinajstić information content (AvgIpc) is 3.09. The molecule has 0 radical (unpaired) electrons. The van der Waals surface area contributed by atoms with E-state index in [1.165, 1.54) is 4.88 Å². The molecule has 0 saturated carbocycles. The molecular weight excluding hydrogens is 298 g/mol. The van der Waals surface area contributed by atoms with Crippen LogP contribution in [0.1, 0.15) is 41.8 Å². The first-order valence-corrected chi connectivity index (χ1v) is 8.25. The van der Waals surface area contributed by atoms with Crippen LogP contribution in [-0.2, 0) is 6.54 Å². The number of aromatic nitrogens is 1. The van der Waals surface area contributed by atoms with Gasteiger partial charge in [-0.15, -0.1) is 11.3 Å². The van der Waals surface area contributed by atoms with Crippen molar-refractivity contribution in [3.8, 4) is 0 Å². The number of urea groups is 1. The molecule has 0 saturated heterocycles. The van der Waals surface area contributed by atoms with E-state index in [1.807, 2.05) is 25.3 Å². The lowest BCUT2D eigenvalue weighted by Crippen LogP contribution is -2.40. The van der Waals surface area contributed by atoms with E-state index >= 15 is 0 Å². The molecule has 1 atom stereocenters. The summed E-state index contributed by atoms with van der Waals surface area (Å²) in [5.41, 5.74) is 1.80. The van der Waals surface area contributed by atoms with Crippen LogP contribution in [0.25, 0.3) is 0 Å². The number of thiophene rings is 1. The summed E-state index contributed by atoms with van der Waals surface area (Å²) in [6.07, 6.45) is 0. The van der Waals surface area contributed by atoms with E-state index < -0.39 is 0 Å². The van der Waals surface area contributed by atoms with Gasteiger partial charge in [0.2, 0.25) is 0 Å². The van der Waals surface area contributed by atoms with Gasteiger partial charge in [-0.05, 0) is 31.2 Å². The van der Waals surface area contributed by atoms with Gasteiger partial charge in [-0.1, -0.05) is 25.1 Å². The Kier molecular flexibility index (Phi) is 5.24. The number of carbonyl (C=O) groups excluding carboxylic acids is 1. The quantitative estimate of drug-likeness (QED) is 0.909. The van der Waals surface area contributed by atoms with E-state index in [1.54, 1.807) is 23.3 Å². The topological polar surface area (TPSA) is 58.4 Å². The van der Waals surface area contributed by atoms with Crippen LogP contribution in [0.3, 0.4) is 0 Å². The number of hydrogen-bond acceptors (Lipinski definition) is 4. The van der Waals surface area contributed by atoms with Gasteiger partial charge in [-0.2, -0.15) is 0 Å². The summed E-state index contributed by atoms with van der Waals surface area (Å²) in [5, 5.41) is 9.08. The summed E-state index contributed by atoms with van der Waals surface area (Å²) in [7, 11) is 1.78. The van der Waals surface area contributed by atoms with Gasteiger partial charge in [0.25, 0.3) is 0 Å². The molecule has 0 fully saturated rings. The molecule has 2 rings (SSSR count). The fourth-order valence-electron chi connectivity index (χ4n) is 2.31. The summed E-state index contributed by atoms with van der Waals surface area (Å²) >= 11 is 1.67. The zero-order chi connectivity index (χ0) is 16.3. The zero-order valence-corrected chi connectivity index (χ0v) is 14.5. The summed E-state index contributed by atoms with van der Waals surface area (Å²) < 4.78 is 5.15. The SMILES string of the molecule is Cc1noc(C)c1CN(C)C(=O)N[C@@H](c1cccs1)C(C)C. The minimum Gasteiger partial charge on any atom is -0.361 e. The Hall–Kier alpha value is -1.82. The second-order valence-corrected chi connectivity index (χ2v) is 6.82. The first-order chi connectivity index (χ1) is 10.4. The lowest BCUT2D eigenvalue weighted by molar-refractivity contribution is 0.199. The number of nitrogens with zero attached hydrogens (tertiary/aromatic N) is 2. The number of carbonyl (C=O) groups is 1. The molecule has 0 aliphatic heterocycles. The van der Waals surface area contributed by atoms with Crippen LogP contribution in [0.4, 0.5) is 4.79 Å². The highest BCUT2D eigenvalue weighted by molar-refractivity contribution is 7.10. The third kappa shape index (κ3) is 3.68. The van der Waals surface area contributed by atoms with E-state index in [0.717, 1.165) is 17.0 Å². The van der Waals surface area contributed by atoms with Gasteiger partial charge in [0.05, 0.1) is 18.3 Å². The van der Waals surface area contributed by atoms with Gasteiger partial charge < -0.3 is 14.7 Å². The van der Waals surface area contributed by atoms with E-state index in [9.17, 15) is 4.79 Å². The number of aryl methyl sites for hydroxylation is 2. The average molecular weight is 321 g/mol. The molecule has 0 unspecified atom stereocenters. The van der Waals surface area contributed by atoms with Crippen molar-refractivity contribution >= 4 is 17.4 Å². The molecular formula is C16H23N3O2S. The van der Waals surface area contributed by atoms with Crippen LogP contribution < -0.4 is 5.32 Å². The molecule has 2 amide bonds. The minimum atomic E-state index is -0.0906. The van der Waals surface area contributed by atoms with Crippen LogP contribution in [0.2, 0.25) is 0 Å². The Morgan fingerprint density at radius 1 is 1.45 bits per heavy atom. The van der Waals surface area contributed by atoms with Crippen molar-refractivity contribution in [2.24, 2.45) is 5.92 Å². The third-order valence-corrected chi connectivity index (χ3v) is 4.67. The lowest BCUT2D eigenvalue weighted by Gasteiger charge is -2.25. The second-order valence-electron chi connectivity index (χ2n) is 5.85. The van der Waals surface area contributed by atoms with Crippen molar-refractivity contribution in [1.29, 1.82) is 0 Å². The van der Waals surface area contributed by atoms with E-state index in [4.69, 9.17) is 4.52 Å². The lowest BCUT2D eigenvalue weighted by atomic mass is 10.0. The summed E-state index contributed by atoms with van der Waals surface area (Å²) in [4.78, 5) is 15.3. The number of amides is 2. The molecule has 120 valence electrons. The highest BCUT2D eigenvalue weighted by Crippen LogP contribution is 2.26. The molecule has 22 heavy (non-hydrogen) atoms. The van der Waals surface area contributed by atoms with Gasteiger partial charge in [0.15, 0.2) is 0 Å². The van der Waals surface area contributed by atoms with Crippen LogP contribution in [0.5, 0.6) is 0 Å². The molecule has 0 aliphatic rings. The van der Waals surface area contributed by atoms with Gasteiger partial charge in [-0.3, -0.25) is 0 Å². The van der Waals surface area contributed by atoms with E-state index in [0.29, 0.717) is 12.5 Å². The Morgan fingerprint density at radius 2 is 2.18 bits per heavy atom. The molecule has 0 spiro atoms. The van der Waals surface area contributed by atoms with Crippen molar-refractivity contribution in [2.75, 3.05) is 7.05 Å². The van der Waals surface area contributed by atoms with Crippen molar-refractivity contribution in [2.45, 2.75) is 40.3 Å². The molecule has 5 nitrogen and oxygen atoms in total. The molecule has 1 N–H and O–H groups in total. The van der Waals surface area contributed by atoms with Crippen LogP contribution in [0, 0.1) is 19.8 Å². The van der Waals surface area contributed by atoms with Gasteiger partial charge in [-0.25, -0.2) is 4.79 Å². The maximum absolute atomic E-state index is 12.5.